The number of nitrogens with zero attached hydrogens (tertiary/aromatic N) is 1. The molecule has 0 radical (unpaired) electrons. The molecular weight excluding hydrogens is 286 g/mol. The number of hydrogen-bond acceptors (Lipinski definition) is 5. The summed E-state index contributed by atoms with van der Waals surface area (Å²) in [6, 6.07) is 3.47. The fourth-order valence-electron chi connectivity index (χ4n) is 1.96. The minimum absolute atomic E-state index is 0.167. The van der Waals surface area contributed by atoms with Crippen LogP contribution in [0.1, 0.15) is 22.4 Å². The topological polar surface area (TPSA) is 51.6 Å². The molecule has 0 fully saturated rings. The summed E-state index contributed by atoms with van der Waals surface area (Å²) in [6.45, 7) is 2.10. The Kier molecular flexibility index (Phi) is 3.35. The van der Waals surface area contributed by atoms with Crippen molar-refractivity contribution >= 4 is 22.9 Å². The summed E-state index contributed by atoms with van der Waals surface area (Å²) in [5.74, 6) is 1.12. The van der Waals surface area contributed by atoms with Crippen LogP contribution in [0.2, 0.25) is 5.02 Å². The van der Waals surface area contributed by atoms with E-state index in [1.165, 1.54) is 0 Å². The Morgan fingerprint density at radius 1 is 1.47 bits per heavy atom. The standard InChI is InChI=1S/C13H12ClNO3S/c1-7-5-19-12(15-7)4-10(16)8-2-9(14)13-11(3-8)17-6-18-13/h2-3,5,10,16H,4,6H2,1H3. The number of hydrogen-bond donors (Lipinski definition) is 1. The second kappa shape index (κ2) is 5.00. The molecule has 0 saturated carbocycles. The summed E-state index contributed by atoms with van der Waals surface area (Å²) >= 11 is 7.64. The number of thiazole rings is 1. The van der Waals surface area contributed by atoms with Crippen molar-refractivity contribution in [1.29, 1.82) is 0 Å². The molecule has 1 aliphatic rings. The number of aromatic nitrogens is 1. The first-order chi connectivity index (χ1) is 9.13. The van der Waals surface area contributed by atoms with Crippen molar-refractivity contribution < 1.29 is 14.6 Å². The second-order valence-corrected chi connectivity index (χ2v) is 5.69. The van der Waals surface area contributed by atoms with Crippen molar-refractivity contribution in [2.75, 3.05) is 6.79 Å². The van der Waals surface area contributed by atoms with Crippen molar-refractivity contribution in [3.8, 4) is 11.5 Å². The van der Waals surface area contributed by atoms with Gasteiger partial charge in [-0.15, -0.1) is 11.3 Å². The third-order valence-electron chi connectivity index (χ3n) is 2.87. The number of fused-ring (bicyclic) bond motifs is 1. The number of aliphatic hydroxyl groups is 1. The predicted octanol–water partition coefficient (Wildman–Crippen LogP) is 3.11. The quantitative estimate of drug-likeness (QED) is 0.946. The Morgan fingerprint density at radius 3 is 3.05 bits per heavy atom. The molecule has 0 aliphatic carbocycles. The van der Waals surface area contributed by atoms with E-state index in [-0.39, 0.29) is 6.79 Å². The molecule has 1 aromatic carbocycles. The van der Waals surface area contributed by atoms with Gasteiger partial charge in [-0.2, -0.15) is 0 Å². The van der Waals surface area contributed by atoms with Crippen LogP contribution < -0.4 is 9.47 Å². The van der Waals surface area contributed by atoms with Gasteiger partial charge in [-0.25, -0.2) is 4.98 Å². The lowest BCUT2D eigenvalue weighted by molar-refractivity contribution is 0.171. The number of benzene rings is 1. The lowest BCUT2D eigenvalue weighted by atomic mass is 10.1. The van der Waals surface area contributed by atoms with Gasteiger partial charge in [0.05, 0.1) is 16.1 Å². The van der Waals surface area contributed by atoms with Crippen LogP contribution in [-0.4, -0.2) is 16.9 Å². The Hall–Kier alpha value is -1.30. The van der Waals surface area contributed by atoms with Crippen LogP contribution in [0.25, 0.3) is 0 Å². The molecule has 1 aliphatic heterocycles. The zero-order valence-corrected chi connectivity index (χ0v) is 11.8. The van der Waals surface area contributed by atoms with Crippen molar-refractivity contribution in [1.82, 2.24) is 4.98 Å². The lowest BCUT2D eigenvalue weighted by Crippen LogP contribution is -2.02. The van der Waals surface area contributed by atoms with Gasteiger partial charge in [0.25, 0.3) is 0 Å². The van der Waals surface area contributed by atoms with Crippen molar-refractivity contribution in [3.05, 3.63) is 38.8 Å². The minimum Gasteiger partial charge on any atom is -0.454 e. The Morgan fingerprint density at radius 2 is 2.32 bits per heavy atom. The fraction of sp³-hybridized carbons (Fsp3) is 0.308. The van der Waals surface area contributed by atoms with Gasteiger partial charge in [-0.1, -0.05) is 11.6 Å². The number of halogens is 1. The van der Waals surface area contributed by atoms with E-state index in [0.717, 1.165) is 10.7 Å². The number of ether oxygens (including phenoxy) is 2. The van der Waals surface area contributed by atoms with Crippen molar-refractivity contribution in [3.63, 3.8) is 0 Å². The molecule has 2 aromatic rings. The van der Waals surface area contributed by atoms with Crippen LogP contribution in [0.5, 0.6) is 11.5 Å². The van der Waals surface area contributed by atoms with E-state index in [1.54, 1.807) is 23.5 Å². The largest absolute Gasteiger partial charge is 0.454 e. The molecule has 0 spiro atoms. The first-order valence-corrected chi connectivity index (χ1v) is 7.07. The SMILES string of the molecule is Cc1csc(CC(O)c2cc(Cl)c3c(c2)OCO3)n1. The maximum absolute atomic E-state index is 10.3. The molecule has 0 bridgehead atoms. The predicted molar refractivity (Wildman–Crippen MR) is 73.1 cm³/mol. The highest BCUT2D eigenvalue weighted by atomic mass is 35.5. The van der Waals surface area contributed by atoms with Crippen LogP contribution in [0.3, 0.4) is 0 Å². The summed E-state index contributed by atoms with van der Waals surface area (Å²) < 4.78 is 10.5. The van der Waals surface area contributed by atoms with E-state index >= 15 is 0 Å². The highest BCUT2D eigenvalue weighted by Gasteiger charge is 2.21. The summed E-state index contributed by atoms with van der Waals surface area (Å²) in [5.41, 5.74) is 1.68. The summed E-state index contributed by atoms with van der Waals surface area (Å²) in [6.07, 6.45) is -0.188. The third-order valence-corrected chi connectivity index (χ3v) is 4.14. The van der Waals surface area contributed by atoms with Crippen molar-refractivity contribution in [2.45, 2.75) is 19.4 Å². The van der Waals surface area contributed by atoms with E-state index in [0.29, 0.717) is 28.5 Å². The van der Waals surface area contributed by atoms with Gasteiger partial charge >= 0.3 is 0 Å². The molecular formula is C13H12ClNO3S. The smallest absolute Gasteiger partial charge is 0.231 e. The highest BCUT2D eigenvalue weighted by molar-refractivity contribution is 7.09. The number of aryl methyl sites for hydroxylation is 1. The van der Waals surface area contributed by atoms with E-state index in [4.69, 9.17) is 21.1 Å². The summed E-state index contributed by atoms with van der Waals surface area (Å²) in [4.78, 5) is 4.34. The van der Waals surface area contributed by atoms with Gasteiger partial charge in [0.15, 0.2) is 11.5 Å². The average Bonchev–Trinajstić information content (AvgIpc) is 2.98. The molecule has 19 heavy (non-hydrogen) atoms. The van der Waals surface area contributed by atoms with E-state index in [1.807, 2.05) is 12.3 Å². The van der Waals surface area contributed by atoms with E-state index in [2.05, 4.69) is 4.98 Å². The minimum atomic E-state index is -0.655. The molecule has 0 amide bonds. The van der Waals surface area contributed by atoms with E-state index in [9.17, 15) is 5.11 Å². The zero-order chi connectivity index (χ0) is 13.4. The Bertz CT molecular complexity index is 614. The zero-order valence-electron chi connectivity index (χ0n) is 10.2. The monoisotopic (exact) mass is 297 g/mol. The first kappa shape index (κ1) is 12.7. The van der Waals surface area contributed by atoms with Crippen LogP contribution in [0.4, 0.5) is 0 Å². The average molecular weight is 298 g/mol. The van der Waals surface area contributed by atoms with E-state index < -0.39 is 6.10 Å². The second-order valence-electron chi connectivity index (χ2n) is 4.34. The van der Waals surface area contributed by atoms with Gasteiger partial charge < -0.3 is 14.6 Å². The Balaban J connectivity index is 1.84. The van der Waals surface area contributed by atoms with Gasteiger partial charge in [0, 0.05) is 17.5 Å². The molecule has 2 heterocycles. The fourth-order valence-corrected chi connectivity index (χ4v) is 3.04. The van der Waals surface area contributed by atoms with Crippen LogP contribution in [0.15, 0.2) is 17.5 Å². The molecule has 100 valence electrons. The third kappa shape index (κ3) is 2.54. The van der Waals surface area contributed by atoms with Crippen LogP contribution in [-0.2, 0) is 6.42 Å². The molecule has 3 rings (SSSR count). The molecule has 1 N–H and O–H groups in total. The highest BCUT2D eigenvalue weighted by Crippen LogP contribution is 2.41. The summed E-state index contributed by atoms with van der Waals surface area (Å²) in [5, 5.41) is 13.6. The lowest BCUT2D eigenvalue weighted by Gasteiger charge is -2.11. The maximum Gasteiger partial charge on any atom is 0.231 e. The van der Waals surface area contributed by atoms with Crippen LogP contribution >= 0.6 is 22.9 Å². The summed E-state index contributed by atoms with van der Waals surface area (Å²) in [7, 11) is 0. The Labute approximate surface area is 119 Å². The van der Waals surface area contributed by atoms with Gasteiger partial charge in [-0.3, -0.25) is 0 Å². The van der Waals surface area contributed by atoms with Crippen LogP contribution in [0, 0.1) is 6.92 Å². The molecule has 4 nitrogen and oxygen atoms in total. The molecule has 1 aromatic heterocycles. The normalized spacial score (nSPS) is 14.7. The van der Waals surface area contributed by atoms with Crippen molar-refractivity contribution in [2.24, 2.45) is 0 Å². The number of aliphatic hydroxyl groups excluding tert-OH is 1. The molecule has 0 saturated heterocycles. The maximum atomic E-state index is 10.3. The molecule has 6 heteroatoms. The number of rotatable bonds is 3. The van der Waals surface area contributed by atoms with Gasteiger partial charge in [0.2, 0.25) is 6.79 Å². The molecule has 1 unspecified atom stereocenters. The van der Waals surface area contributed by atoms with Gasteiger partial charge in [-0.05, 0) is 24.6 Å². The molecule has 1 atom stereocenters. The van der Waals surface area contributed by atoms with Gasteiger partial charge in [0.1, 0.15) is 0 Å². The first-order valence-electron chi connectivity index (χ1n) is 5.81.